The molecule has 1 rings (SSSR count). The molecule has 1 aromatic carbocycles. The Hall–Kier alpha value is -1.97. The highest BCUT2D eigenvalue weighted by Crippen LogP contribution is 2.24. The summed E-state index contributed by atoms with van der Waals surface area (Å²) in [5, 5.41) is 8.56. The van der Waals surface area contributed by atoms with E-state index in [4.69, 9.17) is 5.11 Å². The van der Waals surface area contributed by atoms with E-state index in [2.05, 4.69) is 0 Å². The molecule has 0 spiro atoms. The van der Waals surface area contributed by atoms with Gasteiger partial charge in [-0.25, -0.2) is 0 Å². The second-order valence-electron chi connectivity index (χ2n) is 5.60. The molecule has 4 heteroatoms. The van der Waals surface area contributed by atoms with Crippen LogP contribution in [-0.2, 0) is 15.0 Å². The van der Waals surface area contributed by atoms with Crippen LogP contribution in [0.25, 0.3) is 0 Å². The molecule has 0 saturated heterocycles. The zero-order valence-electron chi connectivity index (χ0n) is 11.6. The maximum Gasteiger partial charge on any atom is 0.311 e. The molecule has 0 saturated carbocycles. The van der Waals surface area contributed by atoms with Gasteiger partial charge in [0.25, 0.3) is 0 Å². The summed E-state index contributed by atoms with van der Waals surface area (Å²) in [5.74, 6) is -2.91. The van der Waals surface area contributed by atoms with E-state index in [-0.39, 0.29) is 5.41 Å². The quantitative estimate of drug-likeness (QED) is 0.514. The van der Waals surface area contributed by atoms with Gasteiger partial charge in [0, 0.05) is 5.56 Å². The topological polar surface area (TPSA) is 71.4 Å². The molecule has 0 fully saturated rings. The molecule has 0 heterocycles. The van der Waals surface area contributed by atoms with Crippen molar-refractivity contribution < 1.29 is 19.5 Å². The van der Waals surface area contributed by atoms with Crippen LogP contribution in [-0.4, -0.2) is 22.6 Å². The number of Topliss-reactive ketones (excluding diaryl/α,β-unsaturated/α-hetero) is 2. The van der Waals surface area contributed by atoms with E-state index in [1.54, 1.807) is 19.1 Å². The van der Waals surface area contributed by atoms with Gasteiger partial charge in [0.05, 0.1) is 0 Å². The van der Waals surface area contributed by atoms with Crippen molar-refractivity contribution in [3.05, 3.63) is 34.9 Å². The Morgan fingerprint density at radius 3 is 2.21 bits per heavy atom. The Balaban J connectivity index is 3.16. The third-order valence-electron chi connectivity index (χ3n) is 2.91. The molecule has 0 aromatic heterocycles. The molecule has 0 bridgehead atoms. The number of ketones is 2. The molecular weight excluding hydrogens is 244 g/mol. The van der Waals surface area contributed by atoms with E-state index in [1.165, 1.54) is 0 Å². The van der Waals surface area contributed by atoms with Crippen LogP contribution < -0.4 is 0 Å². The molecule has 0 unspecified atom stereocenters. The van der Waals surface area contributed by atoms with Crippen LogP contribution in [0.1, 0.15) is 48.7 Å². The number of carboxylic acid groups (broad SMARTS) is 1. The number of rotatable bonds is 4. The maximum absolute atomic E-state index is 12.0. The van der Waals surface area contributed by atoms with Gasteiger partial charge < -0.3 is 5.11 Å². The van der Waals surface area contributed by atoms with Gasteiger partial charge in [0.2, 0.25) is 11.6 Å². The summed E-state index contributed by atoms with van der Waals surface area (Å²) in [6.07, 6.45) is -0.766. The molecule has 0 aliphatic rings. The van der Waals surface area contributed by atoms with E-state index in [9.17, 15) is 14.4 Å². The first-order chi connectivity index (χ1) is 8.62. The number of carbonyl (C=O) groups is 3. The third kappa shape index (κ3) is 3.74. The summed E-state index contributed by atoms with van der Waals surface area (Å²) in [6.45, 7) is 7.74. The van der Waals surface area contributed by atoms with Crippen molar-refractivity contribution >= 4 is 17.5 Å². The van der Waals surface area contributed by atoms with Crippen LogP contribution in [0.4, 0.5) is 0 Å². The fraction of sp³-hybridized carbons (Fsp3) is 0.400. The van der Waals surface area contributed by atoms with Gasteiger partial charge in [-0.3, -0.25) is 14.4 Å². The van der Waals surface area contributed by atoms with Crippen LogP contribution in [0, 0.1) is 6.92 Å². The fourth-order valence-electron chi connectivity index (χ4n) is 1.70. The number of carbonyl (C=O) groups excluding carboxylic acids is 2. The van der Waals surface area contributed by atoms with E-state index in [1.807, 2.05) is 26.8 Å². The molecule has 1 N–H and O–H groups in total. The number of aliphatic carboxylic acids is 1. The normalized spacial score (nSPS) is 11.2. The Morgan fingerprint density at radius 2 is 1.74 bits per heavy atom. The van der Waals surface area contributed by atoms with Crippen molar-refractivity contribution in [3.63, 3.8) is 0 Å². The zero-order valence-corrected chi connectivity index (χ0v) is 11.6. The number of hydrogen-bond acceptors (Lipinski definition) is 3. The van der Waals surface area contributed by atoms with Crippen LogP contribution in [0.2, 0.25) is 0 Å². The number of benzene rings is 1. The summed E-state index contributed by atoms with van der Waals surface area (Å²) in [6, 6.07) is 5.37. The SMILES string of the molecule is Cc1ccc(C(C)(C)C)cc1C(=O)C(=O)CC(=O)O. The molecule has 0 atom stereocenters. The molecular formula is C15H18O4. The maximum atomic E-state index is 12.0. The van der Waals surface area contributed by atoms with E-state index < -0.39 is 24.0 Å². The lowest BCUT2D eigenvalue weighted by Crippen LogP contribution is -2.20. The molecule has 102 valence electrons. The summed E-state index contributed by atoms with van der Waals surface area (Å²) in [5.41, 5.74) is 1.76. The highest BCUT2D eigenvalue weighted by atomic mass is 16.4. The lowest BCUT2D eigenvalue weighted by atomic mass is 9.84. The van der Waals surface area contributed by atoms with Crippen LogP contribution in [0.15, 0.2) is 18.2 Å². The summed E-state index contributed by atoms with van der Waals surface area (Å²) >= 11 is 0. The molecule has 4 nitrogen and oxygen atoms in total. The van der Waals surface area contributed by atoms with Crippen molar-refractivity contribution in [2.45, 2.75) is 39.5 Å². The van der Waals surface area contributed by atoms with Gasteiger partial charge in [-0.1, -0.05) is 32.9 Å². The van der Waals surface area contributed by atoms with Gasteiger partial charge in [-0.05, 0) is 29.5 Å². The second kappa shape index (κ2) is 5.34. The van der Waals surface area contributed by atoms with E-state index in [0.29, 0.717) is 11.1 Å². The minimum Gasteiger partial charge on any atom is -0.481 e. The summed E-state index contributed by atoms with van der Waals surface area (Å²) < 4.78 is 0. The Bertz CT molecular complexity index is 536. The Kier molecular flexibility index (Phi) is 4.24. The average molecular weight is 262 g/mol. The summed E-state index contributed by atoms with van der Waals surface area (Å²) in [4.78, 5) is 34.0. The van der Waals surface area contributed by atoms with Crippen molar-refractivity contribution in [2.75, 3.05) is 0 Å². The molecule has 19 heavy (non-hydrogen) atoms. The Morgan fingerprint density at radius 1 is 1.16 bits per heavy atom. The van der Waals surface area contributed by atoms with Crippen molar-refractivity contribution in [2.24, 2.45) is 0 Å². The molecule has 0 amide bonds. The third-order valence-corrected chi connectivity index (χ3v) is 2.91. The molecule has 0 aliphatic carbocycles. The first kappa shape index (κ1) is 15.1. The van der Waals surface area contributed by atoms with Gasteiger partial charge in [0.1, 0.15) is 6.42 Å². The van der Waals surface area contributed by atoms with Crippen molar-refractivity contribution in [1.82, 2.24) is 0 Å². The molecule has 1 aromatic rings. The first-order valence-electron chi connectivity index (χ1n) is 6.03. The van der Waals surface area contributed by atoms with Gasteiger partial charge >= 0.3 is 5.97 Å². The van der Waals surface area contributed by atoms with Crippen molar-refractivity contribution in [3.8, 4) is 0 Å². The van der Waals surface area contributed by atoms with Gasteiger partial charge in [-0.2, -0.15) is 0 Å². The predicted octanol–water partition coefficient (Wildman–Crippen LogP) is 2.52. The average Bonchev–Trinajstić information content (AvgIpc) is 2.26. The van der Waals surface area contributed by atoms with Crippen LogP contribution in [0.3, 0.4) is 0 Å². The number of aryl methyl sites for hydroxylation is 1. The molecule has 0 radical (unpaired) electrons. The monoisotopic (exact) mass is 262 g/mol. The van der Waals surface area contributed by atoms with Crippen LogP contribution >= 0.6 is 0 Å². The van der Waals surface area contributed by atoms with Gasteiger partial charge in [0.15, 0.2) is 0 Å². The number of hydrogen-bond donors (Lipinski definition) is 1. The molecule has 0 aliphatic heterocycles. The first-order valence-corrected chi connectivity index (χ1v) is 6.03. The predicted molar refractivity (Wildman–Crippen MR) is 71.5 cm³/mol. The van der Waals surface area contributed by atoms with Crippen LogP contribution in [0.5, 0.6) is 0 Å². The minimum atomic E-state index is -1.29. The highest BCUT2D eigenvalue weighted by molar-refractivity contribution is 6.46. The smallest absolute Gasteiger partial charge is 0.311 e. The van der Waals surface area contributed by atoms with Gasteiger partial charge in [-0.15, -0.1) is 0 Å². The van der Waals surface area contributed by atoms with Crippen molar-refractivity contribution in [1.29, 1.82) is 0 Å². The lowest BCUT2D eigenvalue weighted by Gasteiger charge is -2.20. The zero-order chi connectivity index (χ0) is 14.8. The minimum absolute atomic E-state index is 0.140. The largest absolute Gasteiger partial charge is 0.481 e. The summed E-state index contributed by atoms with van der Waals surface area (Å²) in [7, 11) is 0. The van der Waals surface area contributed by atoms with E-state index >= 15 is 0 Å². The fourth-order valence-corrected chi connectivity index (χ4v) is 1.70. The standard InChI is InChI=1S/C15H18O4/c1-9-5-6-10(15(2,3)4)7-11(9)14(19)12(16)8-13(17)18/h5-7H,8H2,1-4H3,(H,17,18). The van der Waals surface area contributed by atoms with E-state index in [0.717, 1.165) is 5.56 Å². The number of carboxylic acids is 1. The lowest BCUT2D eigenvalue weighted by molar-refractivity contribution is -0.139. The second-order valence-corrected chi connectivity index (χ2v) is 5.60. The Labute approximate surface area is 112 Å². The highest BCUT2D eigenvalue weighted by Gasteiger charge is 2.23.